The molecule has 162 valence electrons. The number of benzene rings is 2. The van der Waals surface area contributed by atoms with Crippen LogP contribution in [0.1, 0.15) is 56.1 Å². The summed E-state index contributed by atoms with van der Waals surface area (Å²) >= 11 is 6.16. The van der Waals surface area contributed by atoms with Crippen LogP contribution < -0.4 is 14.8 Å². The fraction of sp³-hybridized carbons (Fsp3) is 0.360. The monoisotopic (exact) mass is 439 g/mol. The Morgan fingerprint density at radius 2 is 1.81 bits per heavy atom. The summed E-state index contributed by atoms with van der Waals surface area (Å²) in [4.78, 5) is 25.7. The highest BCUT2D eigenvalue weighted by atomic mass is 35.5. The molecule has 2 aliphatic rings. The minimum absolute atomic E-state index is 0.0320. The third kappa shape index (κ3) is 4.47. The molecule has 5 nitrogen and oxygen atoms in total. The number of halogens is 1. The van der Waals surface area contributed by atoms with Gasteiger partial charge < -0.3 is 14.8 Å². The van der Waals surface area contributed by atoms with Gasteiger partial charge in [0.2, 0.25) is 5.91 Å². The highest BCUT2D eigenvalue weighted by Gasteiger charge is 2.38. The number of allylic oxidation sites excluding steroid dienone is 2. The van der Waals surface area contributed by atoms with E-state index in [1.807, 2.05) is 50.2 Å². The molecule has 0 radical (unpaired) electrons. The Morgan fingerprint density at radius 3 is 2.52 bits per heavy atom. The summed E-state index contributed by atoms with van der Waals surface area (Å²) in [6.07, 6.45) is 1.27. The number of hydrogen-bond donors (Lipinski definition) is 1. The van der Waals surface area contributed by atoms with Gasteiger partial charge in [-0.15, -0.1) is 0 Å². The van der Waals surface area contributed by atoms with Gasteiger partial charge in [0, 0.05) is 35.1 Å². The second-order valence-corrected chi connectivity index (χ2v) is 8.79. The molecule has 2 aromatic rings. The van der Waals surface area contributed by atoms with Gasteiger partial charge in [-0.05, 0) is 61.6 Å². The maximum absolute atomic E-state index is 13.3. The molecule has 1 N–H and O–H groups in total. The molecule has 0 spiro atoms. The van der Waals surface area contributed by atoms with Gasteiger partial charge in [0.1, 0.15) is 0 Å². The Bertz CT molecular complexity index is 1060. The minimum atomic E-state index is -0.257. The summed E-state index contributed by atoms with van der Waals surface area (Å²) in [6, 6.07) is 13.2. The van der Waals surface area contributed by atoms with Gasteiger partial charge in [-0.2, -0.15) is 0 Å². The summed E-state index contributed by atoms with van der Waals surface area (Å²) < 4.78 is 11.3. The molecular formula is C25H26ClNO4. The highest BCUT2D eigenvalue weighted by molar-refractivity contribution is 6.30. The molecule has 2 atom stereocenters. The normalized spacial score (nSPS) is 21.1. The Hall–Kier alpha value is -2.79. The van der Waals surface area contributed by atoms with E-state index in [1.165, 1.54) is 0 Å². The van der Waals surface area contributed by atoms with Crippen LogP contribution >= 0.6 is 11.6 Å². The topological polar surface area (TPSA) is 64.6 Å². The standard InChI is InChI=1S/C25H26ClNO4/c1-14(2)31-22-8-7-15(12-23(22)30-3)17-10-20-25(21(28)11-17)19(13-24(29)27-20)16-5-4-6-18(26)9-16/h4-9,12,14,17,19H,10-11,13H2,1-3H3,(H,27,29)/t17-,19-/m0/s1. The molecule has 0 unspecified atom stereocenters. The number of ketones is 1. The maximum atomic E-state index is 13.3. The third-order valence-corrected chi connectivity index (χ3v) is 6.04. The van der Waals surface area contributed by atoms with Crippen LogP contribution in [0.25, 0.3) is 0 Å². The molecule has 31 heavy (non-hydrogen) atoms. The zero-order valence-electron chi connectivity index (χ0n) is 17.9. The number of ether oxygens (including phenoxy) is 2. The van der Waals surface area contributed by atoms with E-state index in [9.17, 15) is 9.59 Å². The van der Waals surface area contributed by atoms with E-state index in [0.717, 1.165) is 16.8 Å². The zero-order chi connectivity index (χ0) is 22.1. The van der Waals surface area contributed by atoms with E-state index in [-0.39, 0.29) is 36.1 Å². The van der Waals surface area contributed by atoms with Crippen LogP contribution in [0.2, 0.25) is 5.02 Å². The first-order valence-electron chi connectivity index (χ1n) is 10.5. The van der Waals surface area contributed by atoms with Gasteiger partial charge in [0.15, 0.2) is 17.3 Å². The van der Waals surface area contributed by atoms with Gasteiger partial charge in [-0.1, -0.05) is 29.8 Å². The van der Waals surface area contributed by atoms with Crippen molar-refractivity contribution in [3.05, 3.63) is 69.9 Å². The number of amides is 1. The largest absolute Gasteiger partial charge is 0.493 e. The van der Waals surface area contributed by atoms with Gasteiger partial charge in [0.25, 0.3) is 0 Å². The molecule has 1 amide bonds. The summed E-state index contributed by atoms with van der Waals surface area (Å²) in [7, 11) is 1.61. The zero-order valence-corrected chi connectivity index (χ0v) is 18.7. The van der Waals surface area contributed by atoms with E-state index in [4.69, 9.17) is 21.1 Å². The van der Waals surface area contributed by atoms with Crippen molar-refractivity contribution in [1.82, 2.24) is 5.32 Å². The second-order valence-electron chi connectivity index (χ2n) is 8.36. The molecule has 0 bridgehead atoms. The Balaban J connectivity index is 1.66. The lowest BCUT2D eigenvalue weighted by atomic mass is 9.73. The van der Waals surface area contributed by atoms with Crippen LogP contribution in [0.3, 0.4) is 0 Å². The first-order chi connectivity index (χ1) is 14.9. The smallest absolute Gasteiger partial charge is 0.225 e. The molecule has 1 aliphatic heterocycles. The van der Waals surface area contributed by atoms with E-state index < -0.39 is 0 Å². The summed E-state index contributed by atoms with van der Waals surface area (Å²) in [5.41, 5.74) is 3.33. The van der Waals surface area contributed by atoms with Crippen LogP contribution in [0.4, 0.5) is 0 Å². The van der Waals surface area contributed by atoms with Gasteiger partial charge in [-0.3, -0.25) is 9.59 Å². The van der Waals surface area contributed by atoms with Crippen molar-refractivity contribution >= 4 is 23.3 Å². The van der Waals surface area contributed by atoms with E-state index in [2.05, 4.69) is 5.32 Å². The van der Waals surface area contributed by atoms with Crippen molar-refractivity contribution in [2.24, 2.45) is 0 Å². The number of nitrogens with one attached hydrogen (secondary N) is 1. The number of carbonyl (C=O) groups is 2. The van der Waals surface area contributed by atoms with E-state index >= 15 is 0 Å². The lowest BCUT2D eigenvalue weighted by Crippen LogP contribution is -2.38. The first kappa shape index (κ1) is 21.4. The number of rotatable bonds is 5. The molecule has 1 aliphatic carbocycles. The summed E-state index contributed by atoms with van der Waals surface area (Å²) in [5, 5.41) is 3.56. The van der Waals surface area contributed by atoms with Crippen molar-refractivity contribution in [2.45, 2.75) is 51.0 Å². The fourth-order valence-corrected chi connectivity index (χ4v) is 4.69. The van der Waals surface area contributed by atoms with Gasteiger partial charge in [0.05, 0.1) is 13.2 Å². The van der Waals surface area contributed by atoms with Crippen LogP contribution in [0.15, 0.2) is 53.7 Å². The van der Waals surface area contributed by atoms with Crippen LogP contribution in [-0.4, -0.2) is 24.9 Å². The number of carbonyl (C=O) groups excluding carboxylic acids is 2. The Morgan fingerprint density at radius 1 is 1.00 bits per heavy atom. The van der Waals surface area contributed by atoms with Crippen LogP contribution in [0.5, 0.6) is 11.5 Å². The van der Waals surface area contributed by atoms with Crippen LogP contribution in [0, 0.1) is 0 Å². The number of hydrogen-bond acceptors (Lipinski definition) is 4. The predicted molar refractivity (Wildman–Crippen MR) is 120 cm³/mol. The molecule has 0 fully saturated rings. The molecule has 4 rings (SSSR count). The molecule has 0 aromatic heterocycles. The number of methoxy groups -OCH3 is 1. The number of Topliss-reactive ketones (excluding diaryl/α,β-unsaturated/α-hetero) is 1. The molecule has 6 heteroatoms. The lowest BCUT2D eigenvalue weighted by Gasteiger charge is -2.34. The summed E-state index contributed by atoms with van der Waals surface area (Å²) in [5.74, 6) is 1.02. The van der Waals surface area contributed by atoms with Crippen LogP contribution in [-0.2, 0) is 9.59 Å². The van der Waals surface area contributed by atoms with E-state index in [0.29, 0.717) is 34.9 Å². The second kappa shape index (κ2) is 8.75. The molecule has 0 saturated carbocycles. The highest BCUT2D eigenvalue weighted by Crippen LogP contribution is 2.44. The van der Waals surface area contributed by atoms with Crippen molar-refractivity contribution in [3.63, 3.8) is 0 Å². The van der Waals surface area contributed by atoms with Gasteiger partial charge in [-0.25, -0.2) is 0 Å². The van der Waals surface area contributed by atoms with Crippen molar-refractivity contribution < 1.29 is 19.1 Å². The van der Waals surface area contributed by atoms with E-state index in [1.54, 1.807) is 13.2 Å². The Kier molecular flexibility index (Phi) is 6.05. The summed E-state index contributed by atoms with van der Waals surface area (Å²) in [6.45, 7) is 3.92. The SMILES string of the molecule is COc1cc([C@@H]2CC(=O)C3=C(C2)NC(=O)C[C@H]3c2cccc(Cl)c2)ccc1OC(C)C. The van der Waals surface area contributed by atoms with Gasteiger partial charge >= 0.3 is 0 Å². The molecule has 0 saturated heterocycles. The average molecular weight is 440 g/mol. The molecular weight excluding hydrogens is 414 g/mol. The third-order valence-electron chi connectivity index (χ3n) is 5.81. The minimum Gasteiger partial charge on any atom is -0.493 e. The molecule has 1 heterocycles. The quantitative estimate of drug-likeness (QED) is 0.700. The predicted octanol–water partition coefficient (Wildman–Crippen LogP) is 5.14. The van der Waals surface area contributed by atoms with Crippen molar-refractivity contribution in [1.29, 1.82) is 0 Å². The maximum Gasteiger partial charge on any atom is 0.225 e. The van der Waals surface area contributed by atoms with Crippen molar-refractivity contribution in [2.75, 3.05) is 7.11 Å². The molecule has 2 aromatic carbocycles. The fourth-order valence-electron chi connectivity index (χ4n) is 4.49. The first-order valence-corrected chi connectivity index (χ1v) is 10.9. The lowest BCUT2D eigenvalue weighted by molar-refractivity contribution is -0.122. The van der Waals surface area contributed by atoms with Crippen molar-refractivity contribution in [3.8, 4) is 11.5 Å². The Labute approximate surface area is 187 Å². The average Bonchev–Trinajstić information content (AvgIpc) is 2.72.